The van der Waals surface area contributed by atoms with Crippen LogP contribution in [0.4, 0.5) is 5.82 Å². The summed E-state index contributed by atoms with van der Waals surface area (Å²) in [6, 6.07) is 9.18. The maximum absolute atomic E-state index is 11.9. The van der Waals surface area contributed by atoms with Crippen molar-refractivity contribution in [2.24, 2.45) is 0 Å². The fourth-order valence-electron chi connectivity index (χ4n) is 1.82. The van der Waals surface area contributed by atoms with Crippen molar-refractivity contribution in [3.8, 4) is 0 Å². The summed E-state index contributed by atoms with van der Waals surface area (Å²) >= 11 is 0. The summed E-state index contributed by atoms with van der Waals surface area (Å²) in [4.78, 5) is 11.9. The van der Waals surface area contributed by atoms with Crippen LogP contribution in [-0.4, -0.2) is 16.1 Å². The molecule has 0 saturated heterocycles. The Hall–Kier alpha value is -2.76. The molecule has 19 heavy (non-hydrogen) atoms. The number of aromatic amines is 1. The molecule has 0 saturated carbocycles. The van der Waals surface area contributed by atoms with Crippen LogP contribution < -0.4 is 11.1 Å². The standard InChI is InChI=1S/C13H12N4O2/c14-12-9(7-16-17-12)6-15-13(18)11-5-8-3-1-2-4-10(8)19-11/h1-5,7H,6H2,(H,15,18)(H3,14,16,17). The van der Waals surface area contributed by atoms with Crippen molar-refractivity contribution in [2.45, 2.75) is 6.54 Å². The zero-order valence-electron chi connectivity index (χ0n) is 10.0. The van der Waals surface area contributed by atoms with Crippen LogP contribution in [0, 0.1) is 0 Å². The van der Waals surface area contributed by atoms with Crippen molar-refractivity contribution in [3.05, 3.63) is 47.9 Å². The predicted molar refractivity (Wildman–Crippen MR) is 70.4 cm³/mol. The highest BCUT2D eigenvalue weighted by Gasteiger charge is 2.12. The van der Waals surface area contributed by atoms with Crippen LogP contribution in [0.3, 0.4) is 0 Å². The molecule has 3 rings (SSSR count). The number of H-pyrrole nitrogens is 1. The molecule has 0 radical (unpaired) electrons. The highest BCUT2D eigenvalue weighted by molar-refractivity contribution is 5.96. The number of nitrogens with one attached hydrogen (secondary N) is 2. The Morgan fingerprint density at radius 3 is 3.00 bits per heavy atom. The molecule has 96 valence electrons. The number of rotatable bonds is 3. The van der Waals surface area contributed by atoms with Gasteiger partial charge in [-0.3, -0.25) is 9.89 Å². The second-order valence-electron chi connectivity index (χ2n) is 4.14. The molecule has 0 aliphatic heterocycles. The first-order valence-corrected chi connectivity index (χ1v) is 5.78. The van der Waals surface area contributed by atoms with Gasteiger partial charge in [0.05, 0.1) is 6.20 Å². The molecule has 0 bridgehead atoms. The fraction of sp³-hybridized carbons (Fsp3) is 0.0769. The zero-order chi connectivity index (χ0) is 13.2. The van der Waals surface area contributed by atoms with Crippen molar-refractivity contribution < 1.29 is 9.21 Å². The van der Waals surface area contributed by atoms with E-state index in [1.807, 2.05) is 24.3 Å². The van der Waals surface area contributed by atoms with Gasteiger partial charge < -0.3 is 15.5 Å². The molecular weight excluding hydrogens is 244 g/mol. The number of aromatic nitrogens is 2. The van der Waals surface area contributed by atoms with Crippen LogP contribution in [-0.2, 0) is 6.54 Å². The molecule has 1 amide bonds. The lowest BCUT2D eigenvalue weighted by atomic mass is 10.2. The number of hydrogen-bond acceptors (Lipinski definition) is 4. The van der Waals surface area contributed by atoms with E-state index in [0.29, 0.717) is 17.9 Å². The Labute approximate surface area is 108 Å². The van der Waals surface area contributed by atoms with Crippen LogP contribution in [0.15, 0.2) is 40.9 Å². The van der Waals surface area contributed by atoms with Gasteiger partial charge in [0.1, 0.15) is 11.4 Å². The summed E-state index contributed by atoms with van der Waals surface area (Å²) < 4.78 is 5.46. The van der Waals surface area contributed by atoms with Crippen LogP contribution in [0.1, 0.15) is 16.1 Å². The Morgan fingerprint density at radius 1 is 1.42 bits per heavy atom. The van der Waals surface area contributed by atoms with E-state index in [4.69, 9.17) is 10.2 Å². The van der Waals surface area contributed by atoms with Crippen molar-refractivity contribution in [1.82, 2.24) is 15.5 Å². The van der Waals surface area contributed by atoms with E-state index in [-0.39, 0.29) is 11.7 Å². The minimum absolute atomic E-state index is 0.281. The van der Waals surface area contributed by atoms with Gasteiger partial charge in [-0.25, -0.2) is 0 Å². The third-order valence-corrected chi connectivity index (χ3v) is 2.84. The molecule has 0 unspecified atom stereocenters. The van der Waals surface area contributed by atoms with Crippen molar-refractivity contribution in [1.29, 1.82) is 0 Å². The van der Waals surface area contributed by atoms with Crippen LogP contribution in [0.2, 0.25) is 0 Å². The molecular formula is C13H12N4O2. The van der Waals surface area contributed by atoms with Gasteiger partial charge in [0.15, 0.2) is 5.76 Å². The number of nitrogens with zero attached hydrogens (tertiary/aromatic N) is 1. The highest BCUT2D eigenvalue weighted by atomic mass is 16.3. The Bertz CT molecular complexity index is 696. The van der Waals surface area contributed by atoms with E-state index in [0.717, 1.165) is 10.9 Å². The lowest BCUT2D eigenvalue weighted by molar-refractivity contribution is 0.0925. The number of carbonyl (C=O) groups excluding carboxylic acids is 1. The molecule has 6 heteroatoms. The summed E-state index contributed by atoms with van der Waals surface area (Å²) in [6.07, 6.45) is 1.58. The van der Waals surface area contributed by atoms with Gasteiger partial charge in [-0.1, -0.05) is 18.2 Å². The molecule has 1 aromatic carbocycles. The minimum Gasteiger partial charge on any atom is -0.451 e. The molecule has 0 fully saturated rings. The number of nitrogen functional groups attached to an aromatic ring is 1. The Balaban J connectivity index is 1.75. The number of amides is 1. The van der Waals surface area contributed by atoms with Gasteiger partial charge in [0.25, 0.3) is 5.91 Å². The average Bonchev–Trinajstić information content (AvgIpc) is 3.01. The number of anilines is 1. The molecule has 0 atom stereocenters. The first-order chi connectivity index (χ1) is 9.24. The van der Waals surface area contributed by atoms with Gasteiger partial charge >= 0.3 is 0 Å². The number of hydrogen-bond donors (Lipinski definition) is 3. The summed E-state index contributed by atoms with van der Waals surface area (Å²) in [6.45, 7) is 0.304. The van der Waals surface area contributed by atoms with E-state index in [1.165, 1.54) is 0 Å². The van der Waals surface area contributed by atoms with E-state index < -0.39 is 0 Å². The van der Waals surface area contributed by atoms with Crippen LogP contribution in [0.5, 0.6) is 0 Å². The SMILES string of the molecule is Nc1[nH]ncc1CNC(=O)c1cc2ccccc2o1. The van der Waals surface area contributed by atoms with E-state index in [1.54, 1.807) is 12.3 Å². The quantitative estimate of drug-likeness (QED) is 0.664. The maximum atomic E-state index is 11.9. The molecule has 2 heterocycles. The van der Waals surface area contributed by atoms with Crippen LogP contribution >= 0.6 is 0 Å². The number of fused-ring (bicyclic) bond motifs is 1. The number of carbonyl (C=O) groups is 1. The first-order valence-electron chi connectivity index (χ1n) is 5.78. The number of furan rings is 1. The van der Waals surface area contributed by atoms with Gasteiger partial charge in [0.2, 0.25) is 0 Å². The molecule has 6 nitrogen and oxygen atoms in total. The van der Waals surface area contributed by atoms with Gasteiger partial charge in [-0.2, -0.15) is 5.10 Å². The summed E-state index contributed by atoms with van der Waals surface area (Å²) in [5, 5.41) is 10.0. The highest BCUT2D eigenvalue weighted by Crippen LogP contribution is 2.18. The second-order valence-corrected chi connectivity index (χ2v) is 4.14. The third kappa shape index (κ3) is 2.15. The fourth-order valence-corrected chi connectivity index (χ4v) is 1.82. The Morgan fingerprint density at radius 2 is 2.26 bits per heavy atom. The van der Waals surface area contributed by atoms with E-state index >= 15 is 0 Å². The van der Waals surface area contributed by atoms with Crippen molar-refractivity contribution in [3.63, 3.8) is 0 Å². The largest absolute Gasteiger partial charge is 0.451 e. The van der Waals surface area contributed by atoms with Crippen molar-refractivity contribution >= 4 is 22.7 Å². The summed E-state index contributed by atoms with van der Waals surface area (Å²) in [7, 11) is 0. The summed E-state index contributed by atoms with van der Waals surface area (Å²) in [5.74, 6) is 0.449. The molecule has 0 aliphatic rings. The van der Waals surface area contributed by atoms with E-state index in [2.05, 4.69) is 15.5 Å². The monoisotopic (exact) mass is 256 g/mol. The third-order valence-electron chi connectivity index (χ3n) is 2.84. The average molecular weight is 256 g/mol. The lowest BCUT2D eigenvalue weighted by Crippen LogP contribution is -2.22. The molecule has 2 aromatic heterocycles. The maximum Gasteiger partial charge on any atom is 0.287 e. The summed E-state index contributed by atoms with van der Waals surface area (Å²) in [5.41, 5.74) is 7.06. The number of para-hydroxylation sites is 1. The smallest absolute Gasteiger partial charge is 0.287 e. The molecule has 3 aromatic rings. The van der Waals surface area contributed by atoms with Gasteiger partial charge in [0, 0.05) is 17.5 Å². The zero-order valence-corrected chi connectivity index (χ0v) is 10.0. The topological polar surface area (TPSA) is 96.9 Å². The van der Waals surface area contributed by atoms with Gasteiger partial charge in [-0.05, 0) is 12.1 Å². The molecule has 0 spiro atoms. The van der Waals surface area contributed by atoms with Gasteiger partial charge in [-0.15, -0.1) is 0 Å². The predicted octanol–water partition coefficient (Wildman–Crippen LogP) is 1.67. The second kappa shape index (κ2) is 4.49. The lowest BCUT2D eigenvalue weighted by Gasteiger charge is -2.01. The van der Waals surface area contributed by atoms with E-state index in [9.17, 15) is 4.79 Å². The van der Waals surface area contributed by atoms with Crippen LogP contribution in [0.25, 0.3) is 11.0 Å². The normalized spacial score (nSPS) is 10.7. The first kappa shape index (κ1) is 11.3. The molecule has 4 N–H and O–H groups in total. The Kier molecular flexibility index (Phi) is 2.68. The minimum atomic E-state index is -0.281. The molecule has 0 aliphatic carbocycles. The van der Waals surface area contributed by atoms with Crippen molar-refractivity contribution in [2.75, 3.05) is 5.73 Å². The number of benzene rings is 1. The number of nitrogens with two attached hydrogens (primary N) is 1.